The molecule has 8 heteroatoms. The van der Waals surface area contributed by atoms with Crippen molar-refractivity contribution < 1.29 is 22.8 Å². The molecule has 0 saturated carbocycles. The predicted molar refractivity (Wildman–Crippen MR) is 108 cm³/mol. The van der Waals surface area contributed by atoms with Crippen molar-refractivity contribution in [3.05, 3.63) is 71.3 Å². The van der Waals surface area contributed by atoms with Crippen LogP contribution in [-0.4, -0.2) is 35.3 Å². The van der Waals surface area contributed by atoms with Crippen LogP contribution in [-0.2, 0) is 17.6 Å². The number of benzene rings is 2. The second-order valence-corrected chi connectivity index (χ2v) is 7.52. The number of urea groups is 1. The molecule has 1 heterocycles. The summed E-state index contributed by atoms with van der Waals surface area (Å²) >= 11 is 0. The van der Waals surface area contributed by atoms with Crippen molar-refractivity contribution in [1.29, 1.82) is 0 Å². The maximum Gasteiger partial charge on any atom is 0.416 e. The van der Waals surface area contributed by atoms with Gasteiger partial charge in [-0.1, -0.05) is 47.6 Å². The number of hydrogen-bond acceptors (Lipinski definition) is 3. The third-order valence-electron chi connectivity index (χ3n) is 4.59. The molecule has 2 amide bonds. The largest absolute Gasteiger partial charge is 0.416 e. The van der Waals surface area contributed by atoms with Crippen LogP contribution < -0.4 is 5.32 Å². The monoisotopic (exact) mass is 419 g/mol. The molecule has 0 fully saturated rings. The topological polar surface area (TPSA) is 53.9 Å². The number of amides is 2. The van der Waals surface area contributed by atoms with Gasteiger partial charge in [-0.2, -0.15) is 13.2 Å². The Labute approximate surface area is 173 Å². The normalized spacial score (nSPS) is 16.2. The molecule has 1 aliphatic heterocycles. The van der Waals surface area contributed by atoms with E-state index in [0.717, 1.165) is 23.4 Å². The Morgan fingerprint density at radius 2 is 1.93 bits per heavy atom. The van der Waals surface area contributed by atoms with Crippen LogP contribution in [0.3, 0.4) is 0 Å². The third-order valence-corrected chi connectivity index (χ3v) is 4.59. The van der Waals surface area contributed by atoms with Crippen molar-refractivity contribution in [2.75, 3.05) is 6.54 Å². The van der Waals surface area contributed by atoms with Crippen molar-refractivity contribution in [2.45, 2.75) is 45.1 Å². The van der Waals surface area contributed by atoms with Crippen LogP contribution in [0.1, 0.15) is 37.0 Å². The second-order valence-electron chi connectivity index (χ2n) is 7.52. The smallest absolute Gasteiger partial charge is 0.390 e. The number of carbonyl (C=O) groups excluding carboxylic acids is 1. The van der Waals surface area contributed by atoms with Crippen LogP contribution >= 0.6 is 0 Å². The number of halogens is 3. The summed E-state index contributed by atoms with van der Waals surface area (Å²) in [4.78, 5) is 19.6. The quantitative estimate of drug-likeness (QED) is 0.730. The van der Waals surface area contributed by atoms with E-state index in [1.807, 2.05) is 44.2 Å². The van der Waals surface area contributed by atoms with Crippen molar-refractivity contribution in [2.24, 2.45) is 5.16 Å². The third kappa shape index (κ3) is 5.75. The Kier molecular flexibility index (Phi) is 6.64. The average Bonchev–Trinajstić information content (AvgIpc) is 3.16. The molecule has 30 heavy (non-hydrogen) atoms. The first-order valence-electron chi connectivity index (χ1n) is 9.72. The number of oxime groups is 1. The zero-order valence-electron chi connectivity index (χ0n) is 16.8. The van der Waals surface area contributed by atoms with E-state index in [1.165, 1.54) is 11.0 Å². The first-order chi connectivity index (χ1) is 14.2. The summed E-state index contributed by atoms with van der Waals surface area (Å²) in [6.07, 6.45) is -4.30. The van der Waals surface area contributed by atoms with E-state index >= 15 is 0 Å². The fraction of sp³-hybridized carbons (Fsp3) is 0.364. The van der Waals surface area contributed by atoms with Gasteiger partial charge in [0, 0.05) is 19.0 Å². The Hall–Kier alpha value is -3.03. The maximum absolute atomic E-state index is 13.0. The van der Waals surface area contributed by atoms with Crippen LogP contribution in [0.25, 0.3) is 0 Å². The first kappa shape index (κ1) is 21.7. The van der Waals surface area contributed by atoms with Gasteiger partial charge in [-0.25, -0.2) is 4.79 Å². The van der Waals surface area contributed by atoms with Crippen LogP contribution in [0.2, 0.25) is 0 Å². The number of alkyl halides is 3. The highest BCUT2D eigenvalue weighted by atomic mass is 19.4. The predicted octanol–water partition coefficient (Wildman–Crippen LogP) is 4.82. The van der Waals surface area contributed by atoms with Crippen molar-refractivity contribution >= 4 is 11.7 Å². The van der Waals surface area contributed by atoms with Gasteiger partial charge in [-0.15, -0.1) is 0 Å². The van der Waals surface area contributed by atoms with E-state index in [9.17, 15) is 18.0 Å². The summed E-state index contributed by atoms with van der Waals surface area (Å²) in [5.74, 6) is 0. The number of rotatable bonds is 6. The van der Waals surface area contributed by atoms with Crippen molar-refractivity contribution in [3.8, 4) is 0 Å². The first-order valence-corrected chi connectivity index (χ1v) is 9.72. The minimum atomic E-state index is -4.44. The fourth-order valence-electron chi connectivity index (χ4n) is 3.20. The lowest BCUT2D eigenvalue weighted by Gasteiger charge is -2.26. The number of nitrogens with zero attached hydrogens (tertiary/aromatic N) is 2. The molecule has 0 bridgehead atoms. The molecule has 0 aromatic heterocycles. The van der Waals surface area contributed by atoms with Gasteiger partial charge in [-0.05, 0) is 37.1 Å². The van der Waals surface area contributed by atoms with Crippen molar-refractivity contribution in [3.63, 3.8) is 0 Å². The highest BCUT2D eigenvalue weighted by Gasteiger charge is 2.31. The van der Waals surface area contributed by atoms with Crippen LogP contribution in [0.4, 0.5) is 18.0 Å². The standard InChI is InChI=1S/C22H24F3N3O2/c1-15(2)26-21(29)28(13-16-7-6-10-18(11-16)22(23,24)25)14-19-12-20(27-30-19)17-8-4-3-5-9-17/h3-11,15,19H,12-14H2,1-2H3,(H,26,29)/t19-/m1/s1. The zero-order chi connectivity index (χ0) is 21.7. The van der Waals surface area contributed by atoms with Gasteiger partial charge in [0.1, 0.15) is 0 Å². The Morgan fingerprint density at radius 1 is 1.20 bits per heavy atom. The molecular weight excluding hydrogens is 395 g/mol. The van der Waals surface area contributed by atoms with Gasteiger partial charge in [0.15, 0.2) is 6.10 Å². The summed E-state index contributed by atoms with van der Waals surface area (Å²) in [5.41, 5.74) is 1.38. The van der Waals surface area contributed by atoms with Crippen LogP contribution in [0.5, 0.6) is 0 Å². The molecular formula is C22H24F3N3O2. The summed E-state index contributed by atoms with van der Waals surface area (Å²) in [6.45, 7) is 3.88. The van der Waals surface area contributed by atoms with E-state index in [2.05, 4.69) is 10.5 Å². The lowest BCUT2D eigenvalue weighted by Crippen LogP contribution is -2.45. The Balaban J connectivity index is 1.72. The number of nitrogens with one attached hydrogen (secondary N) is 1. The molecule has 0 unspecified atom stereocenters. The average molecular weight is 419 g/mol. The minimum absolute atomic E-state index is 0.0308. The highest BCUT2D eigenvalue weighted by Crippen LogP contribution is 2.30. The number of hydrogen-bond donors (Lipinski definition) is 1. The zero-order valence-corrected chi connectivity index (χ0v) is 16.8. The van der Waals surface area contributed by atoms with E-state index < -0.39 is 11.7 Å². The van der Waals surface area contributed by atoms with Gasteiger partial charge in [0.2, 0.25) is 0 Å². The number of carbonyl (C=O) groups is 1. The molecule has 5 nitrogen and oxygen atoms in total. The molecule has 1 atom stereocenters. The molecule has 1 aliphatic rings. The van der Waals surface area contributed by atoms with Gasteiger partial charge >= 0.3 is 12.2 Å². The molecule has 1 N–H and O–H groups in total. The SMILES string of the molecule is CC(C)NC(=O)N(Cc1cccc(C(F)(F)F)c1)C[C@H]1CC(c2ccccc2)=NO1. The van der Waals surface area contributed by atoms with Gasteiger partial charge in [-0.3, -0.25) is 0 Å². The fourth-order valence-corrected chi connectivity index (χ4v) is 3.20. The second kappa shape index (κ2) is 9.19. The molecule has 3 rings (SSSR count). The molecule has 0 saturated heterocycles. The van der Waals surface area contributed by atoms with Gasteiger partial charge in [0.05, 0.1) is 17.8 Å². The van der Waals surface area contributed by atoms with E-state index in [-0.39, 0.29) is 31.3 Å². The molecule has 0 spiro atoms. The Bertz CT molecular complexity index is 898. The van der Waals surface area contributed by atoms with Crippen molar-refractivity contribution in [1.82, 2.24) is 10.2 Å². The molecule has 0 aliphatic carbocycles. The molecule has 2 aromatic carbocycles. The van der Waals surface area contributed by atoms with Gasteiger partial charge < -0.3 is 15.1 Å². The Morgan fingerprint density at radius 3 is 2.60 bits per heavy atom. The summed E-state index contributed by atoms with van der Waals surface area (Å²) in [6, 6.07) is 14.1. The van der Waals surface area contributed by atoms with Gasteiger partial charge in [0.25, 0.3) is 0 Å². The maximum atomic E-state index is 13.0. The lowest BCUT2D eigenvalue weighted by molar-refractivity contribution is -0.137. The molecule has 160 valence electrons. The molecule has 2 aromatic rings. The van der Waals surface area contributed by atoms with E-state index in [0.29, 0.717) is 12.0 Å². The lowest BCUT2D eigenvalue weighted by atomic mass is 10.0. The summed E-state index contributed by atoms with van der Waals surface area (Å²) < 4.78 is 39.1. The summed E-state index contributed by atoms with van der Waals surface area (Å²) in [7, 11) is 0. The highest BCUT2D eigenvalue weighted by molar-refractivity contribution is 6.01. The summed E-state index contributed by atoms with van der Waals surface area (Å²) in [5, 5.41) is 6.92. The van der Waals surface area contributed by atoms with E-state index in [4.69, 9.17) is 4.84 Å². The minimum Gasteiger partial charge on any atom is -0.390 e. The van der Waals surface area contributed by atoms with Crippen LogP contribution in [0, 0.1) is 0 Å². The molecule has 0 radical (unpaired) electrons. The van der Waals surface area contributed by atoms with Crippen LogP contribution in [0.15, 0.2) is 59.8 Å². The van der Waals surface area contributed by atoms with E-state index in [1.54, 1.807) is 6.07 Å².